The smallest absolute Gasteiger partial charge is 0.229 e. The molecule has 2 unspecified atom stereocenters. The van der Waals surface area contributed by atoms with Crippen molar-refractivity contribution in [1.29, 1.82) is 0 Å². The number of sulfone groups is 1. The van der Waals surface area contributed by atoms with Crippen LogP contribution in [0, 0.1) is 12.8 Å². The molecule has 0 aliphatic carbocycles. The summed E-state index contributed by atoms with van der Waals surface area (Å²) in [5.74, 6) is -0.753. The number of halogens is 1. The van der Waals surface area contributed by atoms with Crippen LogP contribution in [0.3, 0.4) is 0 Å². The van der Waals surface area contributed by atoms with Crippen molar-refractivity contribution < 1.29 is 18.0 Å². The predicted octanol–water partition coefficient (Wildman–Crippen LogP) is 1.62. The fourth-order valence-electron chi connectivity index (χ4n) is 3.26. The van der Waals surface area contributed by atoms with E-state index in [2.05, 4.69) is 5.32 Å². The van der Waals surface area contributed by atoms with Gasteiger partial charge < -0.3 is 10.2 Å². The van der Waals surface area contributed by atoms with Gasteiger partial charge >= 0.3 is 0 Å². The quantitative estimate of drug-likeness (QED) is 0.876. The van der Waals surface area contributed by atoms with E-state index in [-0.39, 0.29) is 42.3 Å². The molecule has 2 atom stereocenters. The first-order chi connectivity index (χ1) is 11.3. The maximum absolute atomic E-state index is 12.5. The Bertz CT molecular complexity index is 793. The van der Waals surface area contributed by atoms with Crippen molar-refractivity contribution in [3.8, 4) is 0 Å². The SMILES string of the molecule is Cc1c(Cl)cccc1NC(=O)C1CC(=O)N(C2CCS(=O)(=O)C2)C1. The summed E-state index contributed by atoms with van der Waals surface area (Å²) in [5.41, 5.74) is 1.40. The minimum atomic E-state index is -3.06. The first-order valence-corrected chi connectivity index (χ1v) is 10.0. The zero-order valence-electron chi connectivity index (χ0n) is 13.3. The number of anilines is 1. The van der Waals surface area contributed by atoms with E-state index in [1.54, 1.807) is 23.1 Å². The molecule has 1 aromatic carbocycles. The fraction of sp³-hybridized carbons (Fsp3) is 0.500. The number of benzene rings is 1. The Morgan fingerprint density at radius 1 is 1.38 bits per heavy atom. The molecular formula is C16H19ClN2O4S. The highest BCUT2D eigenvalue weighted by Gasteiger charge is 2.41. The molecule has 2 heterocycles. The van der Waals surface area contributed by atoms with Crippen LogP contribution in [0.1, 0.15) is 18.4 Å². The summed E-state index contributed by atoms with van der Waals surface area (Å²) in [5, 5.41) is 3.38. The molecule has 0 aromatic heterocycles. The summed E-state index contributed by atoms with van der Waals surface area (Å²) in [6.45, 7) is 2.08. The van der Waals surface area contributed by atoms with Crippen molar-refractivity contribution in [1.82, 2.24) is 4.90 Å². The van der Waals surface area contributed by atoms with E-state index in [9.17, 15) is 18.0 Å². The summed E-state index contributed by atoms with van der Waals surface area (Å²) in [7, 11) is -3.06. The lowest BCUT2D eigenvalue weighted by Gasteiger charge is -2.23. The number of nitrogens with one attached hydrogen (secondary N) is 1. The Hall–Kier alpha value is -1.60. The molecule has 2 aliphatic rings. The second-order valence-electron chi connectivity index (χ2n) is 6.41. The normalized spacial score (nSPS) is 25.9. The Balaban J connectivity index is 1.67. The number of rotatable bonds is 3. The van der Waals surface area contributed by atoms with E-state index in [0.29, 0.717) is 17.1 Å². The van der Waals surface area contributed by atoms with Gasteiger partial charge in [-0.2, -0.15) is 0 Å². The molecule has 0 spiro atoms. The molecule has 8 heteroatoms. The predicted molar refractivity (Wildman–Crippen MR) is 91.7 cm³/mol. The summed E-state index contributed by atoms with van der Waals surface area (Å²) in [4.78, 5) is 26.2. The van der Waals surface area contributed by atoms with Gasteiger partial charge in [0.25, 0.3) is 0 Å². The lowest BCUT2D eigenvalue weighted by molar-refractivity contribution is -0.129. The Labute approximate surface area is 146 Å². The molecule has 6 nitrogen and oxygen atoms in total. The van der Waals surface area contributed by atoms with E-state index in [4.69, 9.17) is 11.6 Å². The molecule has 24 heavy (non-hydrogen) atoms. The summed E-state index contributed by atoms with van der Waals surface area (Å²) in [6.07, 6.45) is 0.567. The largest absolute Gasteiger partial charge is 0.338 e. The molecule has 1 aromatic rings. The van der Waals surface area contributed by atoms with Gasteiger partial charge in [0.2, 0.25) is 11.8 Å². The van der Waals surface area contributed by atoms with Crippen LogP contribution >= 0.6 is 11.6 Å². The highest BCUT2D eigenvalue weighted by Crippen LogP contribution is 2.28. The molecule has 1 N–H and O–H groups in total. The molecule has 2 fully saturated rings. The number of nitrogens with zero attached hydrogens (tertiary/aromatic N) is 1. The number of amides is 2. The molecule has 3 rings (SSSR count). The zero-order chi connectivity index (χ0) is 17.5. The summed E-state index contributed by atoms with van der Waals surface area (Å²) >= 11 is 6.05. The van der Waals surface area contributed by atoms with Gasteiger partial charge in [-0.3, -0.25) is 9.59 Å². The molecule has 2 aliphatic heterocycles. The van der Waals surface area contributed by atoms with Gasteiger partial charge in [-0.15, -0.1) is 0 Å². The van der Waals surface area contributed by atoms with Crippen molar-refractivity contribution in [2.24, 2.45) is 5.92 Å². The van der Waals surface area contributed by atoms with E-state index in [1.165, 1.54) is 0 Å². The maximum atomic E-state index is 12.5. The minimum Gasteiger partial charge on any atom is -0.338 e. The topological polar surface area (TPSA) is 83.6 Å². The lowest BCUT2D eigenvalue weighted by Crippen LogP contribution is -2.38. The first kappa shape index (κ1) is 17.2. The lowest BCUT2D eigenvalue weighted by atomic mass is 10.1. The first-order valence-electron chi connectivity index (χ1n) is 7.83. The summed E-state index contributed by atoms with van der Waals surface area (Å²) in [6, 6.07) is 4.96. The molecule has 0 saturated carbocycles. The second kappa shape index (κ2) is 6.37. The van der Waals surface area contributed by atoms with Gasteiger partial charge in [0, 0.05) is 29.7 Å². The van der Waals surface area contributed by atoms with Crippen LogP contribution in [0.25, 0.3) is 0 Å². The van der Waals surface area contributed by atoms with Crippen LogP contribution in [0.5, 0.6) is 0 Å². The maximum Gasteiger partial charge on any atom is 0.229 e. The van der Waals surface area contributed by atoms with E-state index in [1.807, 2.05) is 6.92 Å². The summed E-state index contributed by atoms with van der Waals surface area (Å²) < 4.78 is 23.2. The molecule has 130 valence electrons. The average Bonchev–Trinajstić information content (AvgIpc) is 3.06. The van der Waals surface area contributed by atoms with Crippen molar-refractivity contribution >= 4 is 38.9 Å². The number of hydrogen-bond acceptors (Lipinski definition) is 4. The van der Waals surface area contributed by atoms with Gasteiger partial charge in [-0.1, -0.05) is 17.7 Å². The van der Waals surface area contributed by atoms with Crippen molar-refractivity contribution in [2.45, 2.75) is 25.8 Å². The third-order valence-corrected chi connectivity index (χ3v) is 6.86. The standard InChI is InChI=1S/C16H19ClN2O4S/c1-10-13(17)3-2-4-14(10)18-16(21)11-7-15(20)19(8-11)12-5-6-24(22,23)9-12/h2-4,11-12H,5-9H2,1H3,(H,18,21). The van der Waals surface area contributed by atoms with Crippen LogP contribution in [0.15, 0.2) is 18.2 Å². The Morgan fingerprint density at radius 2 is 2.12 bits per heavy atom. The van der Waals surface area contributed by atoms with Crippen LogP contribution in [0.4, 0.5) is 5.69 Å². The Kier molecular flexibility index (Phi) is 4.57. The van der Waals surface area contributed by atoms with Gasteiger partial charge in [0.1, 0.15) is 0 Å². The van der Waals surface area contributed by atoms with Crippen LogP contribution in [-0.2, 0) is 19.4 Å². The third-order valence-electron chi connectivity index (χ3n) is 4.70. The monoisotopic (exact) mass is 370 g/mol. The van der Waals surface area contributed by atoms with Crippen molar-refractivity contribution in [3.63, 3.8) is 0 Å². The van der Waals surface area contributed by atoms with Crippen LogP contribution < -0.4 is 5.32 Å². The zero-order valence-corrected chi connectivity index (χ0v) is 14.9. The molecular weight excluding hydrogens is 352 g/mol. The molecule has 0 bridgehead atoms. The van der Waals surface area contributed by atoms with Gasteiger partial charge in [-0.25, -0.2) is 8.42 Å². The van der Waals surface area contributed by atoms with Crippen molar-refractivity contribution in [3.05, 3.63) is 28.8 Å². The van der Waals surface area contributed by atoms with Gasteiger partial charge in [-0.05, 0) is 31.0 Å². The van der Waals surface area contributed by atoms with E-state index < -0.39 is 15.8 Å². The van der Waals surface area contributed by atoms with Crippen LogP contribution in [0.2, 0.25) is 5.02 Å². The van der Waals surface area contributed by atoms with Crippen LogP contribution in [-0.4, -0.2) is 49.2 Å². The number of carbonyl (C=O) groups excluding carboxylic acids is 2. The molecule has 0 radical (unpaired) electrons. The Morgan fingerprint density at radius 3 is 2.79 bits per heavy atom. The number of likely N-dealkylation sites (tertiary alicyclic amines) is 1. The number of hydrogen-bond donors (Lipinski definition) is 1. The van der Waals surface area contributed by atoms with E-state index in [0.717, 1.165) is 5.56 Å². The average molecular weight is 371 g/mol. The number of carbonyl (C=O) groups is 2. The second-order valence-corrected chi connectivity index (χ2v) is 9.04. The van der Waals surface area contributed by atoms with Gasteiger partial charge in [0.05, 0.1) is 17.4 Å². The van der Waals surface area contributed by atoms with E-state index >= 15 is 0 Å². The molecule has 2 saturated heterocycles. The van der Waals surface area contributed by atoms with Gasteiger partial charge in [0.15, 0.2) is 9.84 Å². The highest BCUT2D eigenvalue weighted by atomic mass is 35.5. The molecule has 2 amide bonds. The van der Waals surface area contributed by atoms with Crippen molar-refractivity contribution in [2.75, 3.05) is 23.4 Å². The minimum absolute atomic E-state index is 0.000477. The highest BCUT2D eigenvalue weighted by molar-refractivity contribution is 7.91. The fourth-order valence-corrected chi connectivity index (χ4v) is 5.16. The third kappa shape index (κ3) is 3.42.